The van der Waals surface area contributed by atoms with Gasteiger partial charge in [0.2, 0.25) is 0 Å². The molecule has 3 heteroatoms. The Morgan fingerprint density at radius 2 is 1.35 bits per heavy atom. The van der Waals surface area contributed by atoms with Gasteiger partial charge in [-0.05, 0) is 62.7 Å². The van der Waals surface area contributed by atoms with Crippen molar-refractivity contribution in [2.45, 2.75) is 91.9 Å². The molecule has 0 amide bonds. The Morgan fingerprint density at radius 1 is 0.900 bits per heavy atom. The number of hydrogen-bond acceptors (Lipinski definition) is 3. The summed E-state index contributed by atoms with van der Waals surface area (Å²) in [5.74, 6) is -1.59. The predicted octanol–water partition coefficient (Wildman–Crippen LogP) is 3.43. The average Bonchev–Trinajstić information content (AvgIpc) is 2.73. The minimum absolute atomic E-state index is 0.0682. The standard InChI is InChI=1S/C17H35NO2/c1-13(2,10-15(5,6)18)11-17(8-9-17)14(3,4)12-16(7,19)20/h19-20H,8-12,18H2,1-7H3. The maximum atomic E-state index is 9.76. The molecule has 0 aromatic rings. The van der Waals surface area contributed by atoms with Gasteiger partial charge in [-0.25, -0.2) is 0 Å². The van der Waals surface area contributed by atoms with Crippen LogP contribution in [0.2, 0.25) is 0 Å². The smallest absolute Gasteiger partial charge is 0.160 e. The van der Waals surface area contributed by atoms with E-state index in [-0.39, 0.29) is 21.8 Å². The molecule has 1 aliphatic carbocycles. The second-order valence-corrected chi connectivity index (χ2v) is 9.56. The first-order chi connectivity index (χ1) is 8.58. The molecule has 0 unspecified atom stereocenters. The van der Waals surface area contributed by atoms with E-state index in [2.05, 4.69) is 41.5 Å². The molecule has 0 radical (unpaired) electrons. The molecule has 0 aromatic heterocycles. The molecular formula is C17H35NO2. The van der Waals surface area contributed by atoms with Gasteiger partial charge in [-0.2, -0.15) is 0 Å². The third kappa shape index (κ3) is 5.01. The lowest BCUT2D eigenvalue weighted by Gasteiger charge is -2.44. The zero-order chi connectivity index (χ0) is 16.0. The minimum Gasteiger partial charge on any atom is -0.366 e. The van der Waals surface area contributed by atoms with E-state index in [1.54, 1.807) is 0 Å². The van der Waals surface area contributed by atoms with Crippen LogP contribution >= 0.6 is 0 Å². The van der Waals surface area contributed by atoms with Gasteiger partial charge in [0.05, 0.1) is 0 Å². The third-order valence-corrected chi connectivity index (χ3v) is 4.82. The number of aliphatic hydroxyl groups is 2. The van der Waals surface area contributed by atoms with Crippen LogP contribution in [0.4, 0.5) is 0 Å². The van der Waals surface area contributed by atoms with E-state index in [0.29, 0.717) is 6.42 Å². The number of nitrogens with two attached hydrogens (primary N) is 1. The van der Waals surface area contributed by atoms with E-state index in [1.807, 2.05) is 0 Å². The Hall–Kier alpha value is -0.120. The fraction of sp³-hybridized carbons (Fsp3) is 1.00. The Balaban J connectivity index is 2.80. The van der Waals surface area contributed by atoms with Crippen LogP contribution in [-0.4, -0.2) is 21.5 Å². The maximum absolute atomic E-state index is 9.76. The molecule has 0 aliphatic heterocycles. The quantitative estimate of drug-likeness (QED) is 0.628. The summed E-state index contributed by atoms with van der Waals surface area (Å²) in [7, 11) is 0. The van der Waals surface area contributed by atoms with Crippen molar-refractivity contribution >= 4 is 0 Å². The van der Waals surface area contributed by atoms with Gasteiger partial charge in [-0.3, -0.25) is 0 Å². The van der Waals surface area contributed by atoms with E-state index in [4.69, 9.17) is 5.73 Å². The largest absolute Gasteiger partial charge is 0.366 e. The Morgan fingerprint density at radius 3 is 1.65 bits per heavy atom. The number of rotatable bonds is 7. The Labute approximate surface area is 125 Å². The Bertz CT molecular complexity index is 341. The molecule has 0 aromatic carbocycles. The van der Waals surface area contributed by atoms with E-state index in [9.17, 15) is 10.2 Å². The second-order valence-electron chi connectivity index (χ2n) is 9.56. The monoisotopic (exact) mass is 285 g/mol. The highest BCUT2D eigenvalue weighted by Gasteiger charge is 2.57. The summed E-state index contributed by atoms with van der Waals surface area (Å²) in [6, 6.07) is 0. The summed E-state index contributed by atoms with van der Waals surface area (Å²) in [6.07, 6.45) is 4.87. The molecule has 1 fully saturated rings. The summed E-state index contributed by atoms with van der Waals surface area (Å²) < 4.78 is 0. The molecule has 4 N–H and O–H groups in total. The lowest BCUT2D eigenvalue weighted by molar-refractivity contribution is -0.176. The van der Waals surface area contributed by atoms with Gasteiger partial charge in [0.25, 0.3) is 0 Å². The van der Waals surface area contributed by atoms with E-state index in [0.717, 1.165) is 12.8 Å². The zero-order valence-electron chi connectivity index (χ0n) is 14.5. The van der Waals surface area contributed by atoms with Crippen LogP contribution in [0.5, 0.6) is 0 Å². The SMILES string of the molecule is CC(C)(N)CC(C)(C)CC1(C(C)(C)CC(C)(O)O)CC1. The van der Waals surface area contributed by atoms with Gasteiger partial charge in [0.1, 0.15) is 0 Å². The lowest BCUT2D eigenvalue weighted by Crippen LogP contribution is -2.42. The fourth-order valence-electron chi connectivity index (χ4n) is 4.48. The van der Waals surface area contributed by atoms with Crippen molar-refractivity contribution in [2.75, 3.05) is 0 Å². The first-order valence-corrected chi connectivity index (χ1v) is 7.81. The summed E-state index contributed by atoms with van der Waals surface area (Å²) in [5, 5.41) is 19.5. The van der Waals surface area contributed by atoms with Gasteiger partial charge in [0, 0.05) is 12.0 Å². The van der Waals surface area contributed by atoms with Crippen molar-refractivity contribution in [3.8, 4) is 0 Å². The second kappa shape index (κ2) is 4.96. The van der Waals surface area contributed by atoms with Crippen LogP contribution in [0.1, 0.15) is 80.6 Å². The minimum atomic E-state index is -1.59. The molecule has 120 valence electrons. The molecule has 0 bridgehead atoms. The topological polar surface area (TPSA) is 66.5 Å². The van der Waals surface area contributed by atoms with Crippen LogP contribution < -0.4 is 5.73 Å². The Kier molecular flexibility index (Phi) is 4.45. The first-order valence-electron chi connectivity index (χ1n) is 7.81. The van der Waals surface area contributed by atoms with E-state index in [1.165, 1.54) is 19.8 Å². The highest BCUT2D eigenvalue weighted by molar-refractivity contribution is 5.07. The molecule has 0 heterocycles. The van der Waals surface area contributed by atoms with Gasteiger partial charge in [0.15, 0.2) is 5.79 Å². The lowest BCUT2D eigenvalue weighted by atomic mass is 9.63. The van der Waals surface area contributed by atoms with E-state index >= 15 is 0 Å². The van der Waals surface area contributed by atoms with Crippen molar-refractivity contribution in [3.05, 3.63) is 0 Å². The molecule has 1 rings (SSSR count). The van der Waals surface area contributed by atoms with Crippen molar-refractivity contribution in [3.63, 3.8) is 0 Å². The van der Waals surface area contributed by atoms with Crippen LogP contribution in [0.3, 0.4) is 0 Å². The molecule has 1 saturated carbocycles. The highest BCUT2D eigenvalue weighted by Crippen LogP contribution is 2.66. The van der Waals surface area contributed by atoms with Crippen molar-refractivity contribution in [2.24, 2.45) is 22.0 Å². The van der Waals surface area contributed by atoms with Gasteiger partial charge >= 0.3 is 0 Å². The van der Waals surface area contributed by atoms with Crippen LogP contribution in [-0.2, 0) is 0 Å². The summed E-state index contributed by atoms with van der Waals surface area (Å²) in [5.41, 5.74) is 6.37. The van der Waals surface area contributed by atoms with Gasteiger partial charge < -0.3 is 15.9 Å². The predicted molar refractivity (Wildman–Crippen MR) is 84.2 cm³/mol. The van der Waals surface area contributed by atoms with Crippen LogP contribution in [0, 0.1) is 16.2 Å². The normalized spacial score (nSPS) is 20.1. The first kappa shape index (κ1) is 17.9. The number of hydrogen-bond donors (Lipinski definition) is 3. The summed E-state index contributed by atoms with van der Waals surface area (Å²) in [4.78, 5) is 0. The molecule has 1 aliphatic rings. The van der Waals surface area contributed by atoms with Crippen molar-refractivity contribution < 1.29 is 10.2 Å². The van der Waals surface area contributed by atoms with Crippen molar-refractivity contribution in [1.29, 1.82) is 0 Å². The van der Waals surface area contributed by atoms with Crippen LogP contribution in [0.15, 0.2) is 0 Å². The average molecular weight is 285 g/mol. The molecule has 20 heavy (non-hydrogen) atoms. The van der Waals surface area contributed by atoms with Crippen LogP contribution in [0.25, 0.3) is 0 Å². The van der Waals surface area contributed by atoms with Gasteiger partial charge in [-0.1, -0.05) is 27.7 Å². The van der Waals surface area contributed by atoms with Gasteiger partial charge in [-0.15, -0.1) is 0 Å². The zero-order valence-corrected chi connectivity index (χ0v) is 14.5. The third-order valence-electron chi connectivity index (χ3n) is 4.82. The summed E-state index contributed by atoms with van der Waals surface area (Å²) in [6.45, 7) is 14.6. The van der Waals surface area contributed by atoms with Crippen molar-refractivity contribution in [1.82, 2.24) is 0 Å². The molecular weight excluding hydrogens is 250 g/mol. The van der Waals surface area contributed by atoms with E-state index < -0.39 is 5.79 Å². The molecule has 0 saturated heterocycles. The summed E-state index contributed by atoms with van der Waals surface area (Å²) >= 11 is 0. The highest BCUT2D eigenvalue weighted by atomic mass is 16.5. The maximum Gasteiger partial charge on any atom is 0.160 e. The molecule has 3 nitrogen and oxygen atoms in total. The molecule has 0 spiro atoms. The fourth-order valence-corrected chi connectivity index (χ4v) is 4.48. The molecule has 0 atom stereocenters.